The molecule has 0 bridgehead atoms. The highest BCUT2D eigenvalue weighted by Crippen LogP contribution is 2.24. The topological polar surface area (TPSA) is 62.2 Å². The maximum Gasteiger partial charge on any atom is 0.255 e. The summed E-state index contributed by atoms with van der Waals surface area (Å²) in [6.45, 7) is 6.98. The molecule has 0 aromatic carbocycles. The lowest BCUT2D eigenvalue weighted by molar-refractivity contribution is 0.0949. The Bertz CT molecular complexity index is 416. The Morgan fingerprint density at radius 2 is 2.22 bits per heavy atom. The van der Waals surface area contributed by atoms with Gasteiger partial charge in [-0.1, -0.05) is 36.7 Å². The number of hydrogen-bond acceptors (Lipinski definition) is 3. The van der Waals surface area contributed by atoms with Gasteiger partial charge in [0, 0.05) is 17.6 Å². The van der Waals surface area contributed by atoms with Gasteiger partial charge in [-0.2, -0.15) is 0 Å². The molecular weight excluding hydrogens is 296 g/mol. The van der Waals surface area contributed by atoms with Crippen molar-refractivity contribution in [3.63, 3.8) is 0 Å². The smallest absolute Gasteiger partial charge is 0.255 e. The van der Waals surface area contributed by atoms with Gasteiger partial charge < -0.3 is 10.4 Å². The maximum absolute atomic E-state index is 11.8. The molecule has 0 saturated carbocycles. The molecule has 5 heteroatoms. The summed E-state index contributed by atoms with van der Waals surface area (Å²) >= 11 is 3.54. The largest absolute Gasteiger partial charge is 0.505 e. The summed E-state index contributed by atoms with van der Waals surface area (Å²) in [5.41, 5.74) is 0.456. The third-order valence-corrected chi connectivity index (χ3v) is 3.01. The Balaban J connectivity index is 2.50. The number of nitrogens with zero attached hydrogens (tertiary/aromatic N) is 1. The van der Waals surface area contributed by atoms with Crippen molar-refractivity contribution in [2.24, 2.45) is 5.41 Å². The van der Waals surface area contributed by atoms with Crippen molar-refractivity contribution in [1.29, 1.82) is 0 Å². The van der Waals surface area contributed by atoms with Gasteiger partial charge in [0.05, 0.1) is 11.8 Å². The summed E-state index contributed by atoms with van der Waals surface area (Å²) in [5, 5.41) is 12.3. The summed E-state index contributed by atoms with van der Waals surface area (Å²) < 4.78 is 0. The van der Waals surface area contributed by atoms with E-state index >= 15 is 0 Å². The summed E-state index contributed by atoms with van der Waals surface area (Å²) in [6, 6.07) is 1.50. The first-order valence-corrected chi connectivity index (χ1v) is 6.76. The quantitative estimate of drug-likeness (QED) is 0.840. The molecule has 1 heterocycles. The van der Waals surface area contributed by atoms with E-state index in [1.165, 1.54) is 18.5 Å². The molecule has 0 aliphatic carbocycles. The van der Waals surface area contributed by atoms with Crippen LogP contribution in [0.25, 0.3) is 0 Å². The van der Waals surface area contributed by atoms with Crippen LogP contribution in [0.15, 0.2) is 18.5 Å². The first-order valence-electron chi connectivity index (χ1n) is 5.85. The fraction of sp³-hybridized carbons (Fsp3) is 0.538. The van der Waals surface area contributed by atoms with E-state index in [1.54, 1.807) is 0 Å². The molecule has 1 aromatic heterocycles. The van der Waals surface area contributed by atoms with Gasteiger partial charge >= 0.3 is 0 Å². The lowest BCUT2D eigenvalue weighted by Gasteiger charge is -2.22. The van der Waals surface area contributed by atoms with Crippen molar-refractivity contribution in [2.75, 3.05) is 6.54 Å². The van der Waals surface area contributed by atoms with Crippen LogP contribution < -0.4 is 5.32 Å². The van der Waals surface area contributed by atoms with Gasteiger partial charge in [0.15, 0.2) is 0 Å². The zero-order valence-corrected chi connectivity index (χ0v) is 12.5. The number of rotatable bonds is 4. The van der Waals surface area contributed by atoms with Gasteiger partial charge in [-0.3, -0.25) is 9.78 Å². The van der Waals surface area contributed by atoms with Crippen LogP contribution in [-0.4, -0.2) is 27.4 Å². The van der Waals surface area contributed by atoms with Crippen LogP contribution >= 0.6 is 15.9 Å². The fourth-order valence-electron chi connectivity index (χ4n) is 1.61. The number of nitrogens with one attached hydrogen (secondary N) is 1. The zero-order chi connectivity index (χ0) is 13.8. The van der Waals surface area contributed by atoms with E-state index in [0.29, 0.717) is 6.54 Å². The van der Waals surface area contributed by atoms with E-state index in [2.05, 4.69) is 47.0 Å². The van der Waals surface area contributed by atoms with E-state index in [-0.39, 0.29) is 27.5 Å². The Hall–Kier alpha value is -1.10. The number of carbonyl (C=O) groups is 1. The number of aromatic nitrogens is 1. The summed E-state index contributed by atoms with van der Waals surface area (Å²) in [5.74, 6) is -0.384. The molecule has 1 unspecified atom stereocenters. The number of carbonyl (C=O) groups excluding carboxylic acids is 1. The van der Waals surface area contributed by atoms with Gasteiger partial charge in [-0.25, -0.2) is 0 Å². The van der Waals surface area contributed by atoms with Crippen molar-refractivity contribution in [2.45, 2.75) is 32.0 Å². The van der Waals surface area contributed by atoms with Crippen LogP contribution in [0.5, 0.6) is 5.75 Å². The minimum absolute atomic E-state index is 0.100. The summed E-state index contributed by atoms with van der Waals surface area (Å²) in [4.78, 5) is 15.8. The van der Waals surface area contributed by atoms with E-state index in [4.69, 9.17) is 0 Å². The van der Waals surface area contributed by atoms with Crippen LogP contribution in [0.1, 0.15) is 37.6 Å². The third-order valence-electron chi connectivity index (χ3n) is 2.36. The molecule has 1 amide bonds. The molecule has 4 nitrogen and oxygen atoms in total. The first-order chi connectivity index (χ1) is 8.29. The van der Waals surface area contributed by atoms with E-state index in [1.807, 2.05) is 0 Å². The second kappa shape index (κ2) is 6.18. The molecule has 1 rings (SSSR count). The lowest BCUT2D eigenvalue weighted by Crippen LogP contribution is -2.31. The summed E-state index contributed by atoms with van der Waals surface area (Å²) in [7, 11) is 0. The minimum atomic E-state index is -0.284. The number of alkyl halides is 1. The van der Waals surface area contributed by atoms with Crippen LogP contribution in [-0.2, 0) is 0 Å². The maximum atomic E-state index is 11.8. The predicted molar refractivity (Wildman–Crippen MR) is 75.0 cm³/mol. The number of pyridine rings is 1. The van der Waals surface area contributed by atoms with Crippen molar-refractivity contribution < 1.29 is 9.90 Å². The van der Waals surface area contributed by atoms with Crippen molar-refractivity contribution >= 4 is 21.8 Å². The second-order valence-electron chi connectivity index (χ2n) is 5.46. The van der Waals surface area contributed by atoms with Crippen LogP contribution in [0.4, 0.5) is 0 Å². The SMILES string of the molecule is CC(C)(C)CC(Br)CNC(=O)c1ccncc1O. The van der Waals surface area contributed by atoms with Gasteiger partial charge in [0.25, 0.3) is 5.91 Å². The first kappa shape index (κ1) is 15.0. The number of aromatic hydroxyl groups is 1. The van der Waals surface area contributed by atoms with E-state index < -0.39 is 0 Å². The summed E-state index contributed by atoms with van der Waals surface area (Å²) in [6.07, 6.45) is 3.70. The van der Waals surface area contributed by atoms with Gasteiger partial charge in [0.1, 0.15) is 5.75 Å². The molecule has 0 radical (unpaired) electrons. The van der Waals surface area contributed by atoms with Crippen LogP contribution in [0.2, 0.25) is 0 Å². The average Bonchev–Trinajstić information content (AvgIpc) is 2.24. The number of halogens is 1. The molecule has 18 heavy (non-hydrogen) atoms. The highest BCUT2D eigenvalue weighted by molar-refractivity contribution is 9.09. The van der Waals surface area contributed by atoms with Crippen LogP contribution in [0.3, 0.4) is 0 Å². The predicted octanol–water partition coefficient (Wildman–Crippen LogP) is 2.72. The third kappa shape index (κ3) is 5.04. The number of hydrogen-bond donors (Lipinski definition) is 2. The standard InChI is InChI=1S/C13H19BrN2O2/c1-13(2,3)6-9(14)7-16-12(18)10-4-5-15-8-11(10)17/h4-5,8-9,17H,6-7H2,1-3H3,(H,16,18). The molecule has 0 spiro atoms. The van der Waals surface area contributed by atoms with Gasteiger partial charge in [0.2, 0.25) is 0 Å². The highest BCUT2D eigenvalue weighted by atomic mass is 79.9. The highest BCUT2D eigenvalue weighted by Gasteiger charge is 2.18. The van der Waals surface area contributed by atoms with Crippen molar-refractivity contribution in [3.8, 4) is 5.75 Å². The Kier molecular flexibility index (Phi) is 5.14. The monoisotopic (exact) mass is 314 g/mol. The second-order valence-corrected chi connectivity index (χ2v) is 6.76. The molecule has 0 saturated heterocycles. The van der Waals surface area contributed by atoms with Gasteiger partial charge in [-0.15, -0.1) is 0 Å². The van der Waals surface area contributed by atoms with Crippen LogP contribution in [0, 0.1) is 5.41 Å². The van der Waals surface area contributed by atoms with Gasteiger partial charge in [-0.05, 0) is 17.9 Å². The Morgan fingerprint density at radius 1 is 1.56 bits per heavy atom. The molecule has 0 fully saturated rings. The molecule has 1 atom stereocenters. The molecule has 100 valence electrons. The van der Waals surface area contributed by atoms with E-state index in [0.717, 1.165) is 6.42 Å². The Morgan fingerprint density at radius 3 is 2.78 bits per heavy atom. The number of amides is 1. The Labute approximate surface area is 116 Å². The van der Waals surface area contributed by atoms with Crippen molar-refractivity contribution in [3.05, 3.63) is 24.0 Å². The fourth-order valence-corrected chi connectivity index (χ4v) is 2.75. The lowest BCUT2D eigenvalue weighted by atomic mass is 9.90. The molecular formula is C13H19BrN2O2. The van der Waals surface area contributed by atoms with E-state index in [9.17, 15) is 9.90 Å². The zero-order valence-electron chi connectivity index (χ0n) is 10.9. The molecule has 1 aromatic rings. The minimum Gasteiger partial charge on any atom is -0.505 e. The van der Waals surface area contributed by atoms with Crippen molar-refractivity contribution in [1.82, 2.24) is 10.3 Å². The molecule has 0 aliphatic heterocycles. The normalized spacial score (nSPS) is 13.1. The average molecular weight is 315 g/mol. The molecule has 2 N–H and O–H groups in total. The molecule has 0 aliphatic rings.